The first kappa shape index (κ1) is 11.9. The second-order valence-corrected chi connectivity index (χ2v) is 5.69. The quantitative estimate of drug-likeness (QED) is 0.783. The molecular formula is C12H10F3NOS. The Morgan fingerprint density at radius 1 is 1.28 bits per heavy atom. The molecule has 0 aromatic heterocycles. The molecule has 0 saturated heterocycles. The SMILES string of the molecule is O=C1Nc2cccc(C(F)(F)F)c2SCC12CC2. The third kappa shape index (κ3) is 1.79. The van der Waals surface area contributed by atoms with Crippen LogP contribution in [0.4, 0.5) is 18.9 Å². The fourth-order valence-corrected chi connectivity index (χ4v) is 3.52. The predicted octanol–water partition coefficient (Wildman–Crippen LogP) is 3.53. The molecule has 1 saturated carbocycles. The molecule has 1 aliphatic heterocycles. The molecule has 1 aromatic rings. The fourth-order valence-electron chi connectivity index (χ4n) is 2.07. The van der Waals surface area contributed by atoms with Gasteiger partial charge in [0.05, 0.1) is 16.7 Å². The lowest BCUT2D eigenvalue weighted by molar-refractivity contribution is -0.139. The molecule has 1 fully saturated rings. The Morgan fingerprint density at radius 2 is 2.00 bits per heavy atom. The molecule has 1 aliphatic carbocycles. The van der Waals surface area contributed by atoms with Crippen LogP contribution in [0.5, 0.6) is 0 Å². The van der Waals surface area contributed by atoms with Crippen molar-refractivity contribution >= 4 is 23.4 Å². The summed E-state index contributed by atoms with van der Waals surface area (Å²) in [5.74, 6) is 0.284. The van der Waals surface area contributed by atoms with Crippen molar-refractivity contribution in [2.75, 3.05) is 11.1 Å². The largest absolute Gasteiger partial charge is 0.417 e. The second-order valence-electron chi connectivity index (χ2n) is 4.70. The number of nitrogens with one attached hydrogen (secondary N) is 1. The number of carbonyl (C=O) groups excluding carboxylic acids is 1. The average Bonchev–Trinajstić information content (AvgIpc) is 3.07. The third-order valence-corrected chi connectivity index (χ3v) is 4.82. The van der Waals surface area contributed by atoms with Crippen LogP contribution in [0.2, 0.25) is 0 Å². The van der Waals surface area contributed by atoms with Crippen LogP contribution in [0.3, 0.4) is 0 Å². The number of hydrogen-bond donors (Lipinski definition) is 1. The van der Waals surface area contributed by atoms with E-state index >= 15 is 0 Å². The second kappa shape index (κ2) is 3.66. The van der Waals surface area contributed by atoms with Gasteiger partial charge in [-0.2, -0.15) is 13.2 Å². The summed E-state index contributed by atoms with van der Waals surface area (Å²) in [6.07, 6.45) is -2.85. The molecule has 1 N–H and O–H groups in total. The molecule has 1 aromatic carbocycles. The molecule has 1 amide bonds. The maximum Gasteiger partial charge on any atom is 0.417 e. The molecule has 96 valence electrons. The number of fused-ring (bicyclic) bond motifs is 1. The van der Waals surface area contributed by atoms with E-state index in [-0.39, 0.29) is 16.5 Å². The predicted molar refractivity (Wildman–Crippen MR) is 62.5 cm³/mol. The molecule has 2 nitrogen and oxygen atoms in total. The van der Waals surface area contributed by atoms with Crippen molar-refractivity contribution in [2.24, 2.45) is 5.41 Å². The van der Waals surface area contributed by atoms with E-state index in [0.717, 1.165) is 30.7 Å². The van der Waals surface area contributed by atoms with Gasteiger partial charge in [0.1, 0.15) is 0 Å². The van der Waals surface area contributed by atoms with Crippen LogP contribution in [0.25, 0.3) is 0 Å². The minimum atomic E-state index is -4.38. The van der Waals surface area contributed by atoms with Crippen molar-refractivity contribution in [3.63, 3.8) is 0 Å². The van der Waals surface area contributed by atoms with Crippen LogP contribution in [-0.2, 0) is 11.0 Å². The van der Waals surface area contributed by atoms with E-state index in [1.807, 2.05) is 0 Å². The summed E-state index contributed by atoms with van der Waals surface area (Å²) in [6.45, 7) is 0. The molecule has 0 bridgehead atoms. The summed E-state index contributed by atoms with van der Waals surface area (Å²) in [4.78, 5) is 12.1. The van der Waals surface area contributed by atoms with Crippen molar-refractivity contribution in [3.8, 4) is 0 Å². The first-order chi connectivity index (χ1) is 8.42. The highest BCUT2D eigenvalue weighted by Gasteiger charge is 2.51. The number of amides is 1. The molecule has 18 heavy (non-hydrogen) atoms. The van der Waals surface area contributed by atoms with Crippen molar-refractivity contribution in [3.05, 3.63) is 23.8 Å². The van der Waals surface area contributed by atoms with Gasteiger partial charge in [0, 0.05) is 10.6 Å². The van der Waals surface area contributed by atoms with Gasteiger partial charge in [-0.15, -0.1) is 11.8 Å². The van der Waals surface area contributed by atoms with Crippen molar-refractivity contribution < 1.29 is 18.0 Å². The van der Waals surface area contributed by atoms with Gasteiger partial charge in [0.25, 0.3) is 0 Å². The molecule has 3 rings (SSSR count). The highest BCUT2D eigenvalue weighted by atomic mass is 32.2. The van der Waals surface area contributed by atoms with Crippen LogP contribution in [-0.4, -0.2) is 11.7 Å². The number of thioether (sulfide) groups is 1. The molecule has 0 atom stereocenters. The Morgan fingerprint density at radius 3 is 2.61 bits per heavy atom. The third-order valence-electron chi connectivity index (χ3n) is 3.40. The smallest absolute Gasteiger partial charge is 0.325 e. The summed E-state index contributed by atoms with van der Waals surface area (Å²) in [5.41, 5.74) is -0.821. The number of rotatable bonds is 0. The van der Waals surface area contributed by atoms with E-state index in [2.05, 4.69) is 5.32 Å². The zero-order valence-electron chi connectivity index (χ0n) is 9.30. The Kier molecular flexibility index (Phi) is 2.42. The number of anilines is 1. The summed E-state index contributed by atoms with van der Waals surface area (Å²) >= 11 is 1.13. The van der Waals surface area contributed by atoms with E-state index < -0.39 is 17.2 Å². The standard InChI is InChI=1S/C12H10F3NOS/c13-12(14,15)7-2-1-3-8-9(7)18-6-11(4-5-11)10(17)16-8/h1-3H,4-6H2,(H,16,17). The maximum atomic E-state index is 12.9. The van der Waals surface area contributed by atoms with Gasteiger partial charge in [-0.05, 0) is 25.0 Å². The molecule has 6 heteroatoms. The number of alkyl halides is 3. The van der Waals surface area contributed by atoms with Crippen molar-refractivity contribution in [1.82, 2.24) is 0 Å². The maximum absolute atomic E-state index is 12.9. The van der Waals surface area contributed by atoms with Gasteiger partial charge in [-0.3, -0.25) is 4.79 Å². The lowest BCUT2D eigenvalue weighted by Gasteiger charge is -2.13. The molecule has 0 radical (unpaired) electrons. The highest BCUT2D eigenvalue weighted by molar-refractivity contribution is 7.99. The summed E-state index contributed by atoms with van der Waals surface area (Å²) in [6, 6.07) is 3.91. The van der Waals surface area contributed by atoms with E-state index in [9.17, 15) is 18.0 Å². The van der Waals surface area contributed by atoms with Crippen LogP contribution in [0.1, 0.15) is 18.4 Å². The van der Waals surface area contributed by atoms with Gasteiger partial charge >= 0.3 is 6.18 Å². The van der Waals surface area contributed by atoms with Crippen LogP contribution in [0, 0.1) is 5.41 Å². The van der Waals surface area contributed by atoms with E-state index in [1.165, 1.54) is 12.1 Å². The van der Waals surface area contributed by atoms with Crippen molar-refractivity contribution in [2.45, 2.75) is 23.9 Å². The van der Waals surface area contributed by atoms with E-state index in [1.54, 1.807) is 0 Å². The fraction of sp³-hybridized carbons (Fsp3) is 0.417. The van der Waals surface area contributed by atoms with Gasteiger partial charge in [0.2, 0.25) is 5.91 Å². The first-order valence-corrected chi connectivity index (χ1v) is 6.55. The number of halogens is 3. The normalized spacial score (nSPS) is 21.2. The zero-order valence-corrected chi connectivity index (χ0v) is 10.1. The van der Waals surface area contributed by atoms with Gasteiger partial charge in [0.15, 0.2) is 0 Å². The van der Waals surface area contributed by atoms with Crippen molar-refractivity contribution in [1.29, 1.82) is 0 Å². The molecule has 1 heterocycles. The molecule has 1 spiro atoms. The molecule has 2 aliphatic rings. The van der Waals surface area contributed by atoms with Crippen LogP contribution in [0.15, 0.2) is 23.1 Å². The van der Waals surface area contributed by atoms with Crippen LogP contribution < -0.4 is 5.32 Å². The topological polar surface area (TPSA) is 29.1 Å². The average molecular weight is 273 g/mol. The molecular weight excluding hydrogens is 263 g/mol. The Labute approximate surface area is 106 Å². The zero-order chi connectivity index (χ0) is 13.0. The summed E-state index contributed by atoms with van der Waals surface area (Å²) in [7, 11) is 0. The van der Waals surface area contributed by atoms with Gasteiger partial charge in [-0.25, -0.2) is 0 Å². The minimum absolute atomic E-state index is 0.141. The van der Waals surface area contributed by atoms with E-state index in [0.29, 0.717) is 5.75 Å². The van der Waals surface area contributed by atoms with E-state index in [4.69, 9.17) is 0 Å². The highest BCUT2D eigenvalue weighted by Crippen LogP contribution is 2.54. The Hall–Kier alpha value is -1.17. The summed E-state index contributed by atoms with van der Waals surface area (Å²) in [5, 5.41) is 2.63. The molecule has 0 unspecified atom stereocenters. The number of hydrogen-bond acceptors (Lipinski definition) is 2. The Balaban J connectivity index is 2.06. The van der Waals surface area contributed by atoms with Gasteiger partial charge in [-0.1, -0.05) is 6.07 Å². The monoisotopic (exact) mass is 273 g/mol. The minimum Gasteiger partial charge on any atom is -0.325 e. The Bertz CT molecular complexity index is 523. The lowest BCUT2D eigenvalue weighted by Crippen LogP contribution is -2.24. The number of benzene rings is 1. The summed E-state index contributed by atoms with van der Waals surface area (Å²) < 4.78 is 38.7. The van der Waals surface area contributed by atoms with Crippen LogP contribution >= 0.6 is 11.8 Å². The van der Waals surface area contributed by atoms with Gasteiger partial charge < -0.3 is 5.32 Å². The number of carbonyl (C=O) groups is 1. The lowest BCUT2D eigenvalue weighted by atomic mass is 10.1. The first-order valence-electron chi connectivity index (χ1n) is 5.57.